The van der Waals surface area contributed by atoms with Gasteiger partial charge in [-0.1, -0.05) is 48.5 Å². The summed E-state index contributed by atoms with van der Waals surface area (Å²) >= 11 is 0. The van der Waals surface area contributed by atoms with Gasteiger partial charge < -0.3 is 15.4 Å². The summed E-state index contributed by atoms with van der Waals surface area (Å²) in [5.41, 5.74) is 2.11. The fourth-order valence-electron chi connectivity index (χ4n) is 3.43. The molecule has 8 heteroatoms. The zero-order valence-electron chi connectivity index (χ0n) is 16.7. The molecule has 0 bridgehead atoms. The van der Waals surface area contributed by atoms with E-state index in [1.807, 2.05) is 62.4 Å². The number of amides is 2. The van der Waals surface area contributed by atoms with Gasteiger partial charge in [0.25, 0.3) is 11.8 Å². The van der Waals surface area contributed by atoms with Crippen LogP contribution in [0.4, 0.5) is 0 Å². The van der Waals surface area contributed by atoms with Crippen LogP contribution in [0.2, 0.25) is 0 Å². The van der Waals surface area contributed by atoms with E-state index in [1.54, 1.807) is 6.07 Å². The van der Waals surface area contributed by atoms with Crippen LogP contribution in [0, 0.1) is 0 Å². The first-order valence-corrected chi connectivity index (χ1v) is 9.64. The predicted octanol–water partition coefficient (Wildman–Crippen LogP) is 2.89. The highest BCUT2D eigenvalue weighted by Crippen LogP contribution is 2.28. The number of aromatic nitrogens is 2. The molecule has 0 aliphatic carbocycles. The highest BCUT2D eigenvalue weighted by molar-refractivity contribution is 5.99. The third-order valence-electron chi connectivity index (χ3n) is 4.83. The molecule has 0 saturated heterocycles. The van der Waals surface area contributed by atoms with E-state index >= 15 is 0 Å². The lowest BCUT2D eigenvalue weighted by molar-refractivity contribution is -0.123. The van der Waals surface area contributed by atoms with Gasteiger partial charge in [0, 0.05) is 11.1 Å². The van der Waals surface area contributed by atoms with Crippen LogP contribution in [0.15, 0.2) is 59.2 Å². The number of carbonyl (C=O) groups is 2. The zero-order valence-corrected chi connectivity index (χ0v) is 16.7. The molecule has 0 fully saturated rings. The van der Waals surface area contributed by atoms with Crippen molar-refractivity contribution >= 4 is 11.8 Å². The zero-order chi connectivity index (χ0) is 21.1. The fraction of sp³-hybridized carbons (Fsp3) is 0.273. The quantitative estimate of drug-likeness (QED) is 0.625. The van der Waals surface area contributed by atoms with Crippen molar-refractivity contribution in [2.24, 2.45) is 0 Å². The minimum Gasteiger partial charge on any atom is -0.471 e. The number of benzene rings is 2. The molecule has 0 saturated carbocycles. The van der Waals surface area contributed by atoms with Gasteiger partial charge in [-0.15, -0.1) is 0 Å². The van der Waals surface area contributed by atoms with E-state index in [-0.39, 0.29) is 36.8 Å². The van der Waals surface area contributed by atoms with Gasteiger partial charge in [-0.05, 0) is 35.8 Å². The molecular weight excluding hydrogens is 384 g/mol. The van der Waals surface area contributed by atoms with E-state index < -0.39 is 5.54 Å². The van der Waals surface area contributed by atoms with Crippen molar-refractivity contribution in [3.63, 3.8) is 0 Å². The Morgan fingerprint density at radius 2 is 1.87 bits per heavy atom. The normalized spacial score (nSPS) is 15.4. The van der Waals surface area contributed by atoms with Gasteiger partial charge in [0.1, 0.15) is 6.61 Å². The van der Waals surface area contributed by atoms with Crippen molar-refractivity contribution in [2.75, 3.05) is 6.61 Å². The number of hydrogen-bond acceptors (Lipinski definition) is 6. The number of hydrogen-bond donors (Lipinski definition) is 2. The molecule has 1 atom stereocenters. The molecule has 30 heavy (non-hydrogen) atoms. The SMILES string of the molecule is CC(C)(COc1nonc1-c1ccccc1)NC(=O)CC1NC(=O)c2ccccc21. The monoisotopic (exact) mass is 406 g/mol. The topological polar surface area (TPSA) is 106 Å². The number of nitrogens with one attached hydrogen (secondary N) is 2. The number of fused-ring (bicyclic) bond motifs is 1. The van der Waals surface area contributed by atoms with E-state index in [2.05, 4.69) is 20.9 Å². The summed E-state index contributed by atoms with van der Waals surface area (Å²) in [4.78, 5) is 24.7. The van der Waals surface area contributed by atoms with Gasteiger partial charge in [-0.3, -0.25) is 9.59 Å². The van der Waals surface area contributed by atoms with E-state index in [4.69, 9.17) is 9.37 Å². The summed E-state index contributed by atoms with van der Waals surface area (Å²) in [7, 11) is 0. The second-order valence-electron chi connectivity index (χ2n) is 7.82. The highest BCUT2D eigenvalue weighted by atomic mass is 16.6. The third kappa shape index (κ3) is 4.17. The molecule has 2 N–H and O–H groups in total. The maximum Gasteiger partial charge on any atom is 0.284 e. The molecule has 1 aliphatic heterocycles. The van der Waals surface area contributed by atoms with Crippen LogP contribution < -0.4 is 15.4 Å². The van der Waals surface area contributed by atoms with Crippen molar-refractivity contribution in [1.82, 2.24) is 20.9 Å². The first kappa shape index (κ1) is 19.6. The van der Waals surface area contributed by atoms with Gasteiger partial charge >= 0.3 is 0 Å². The Hall–Kier alpha value is -3.68. The van der Waals surface area contributed by atoms with Gasteiger partial charge in [-0.2, -0.15) is 0 Å². The van der Waals surface area contributed by atoms with Crippen LogP contribution in [0.3, 0.4) is 0 Å². The third-order valence-corrected chi connectivity index (χ3v) is 4.83. The Kier molecular flexibility index (Phi) is 5.22. The van der Waals surface area contributed by atoms with E-state index in [0.717, 1.165) is 11.1 Å². The molecule has 1 aliphatic rings. The summed E-state index contributed by atoms with van der Waals surface area (Å²) in [6, 6.07) is 16.4. The van der Waals surface area contributed by atoms with Crippen molar-refractivity contribution in [2.45, 2.75) is 31.8 Å². The minimum atomic E-state index is -0.674. The van der Waals surface area contributed by atoms with E-state index in [9.17, 15) is 9.59 Å². The molecule has 0 spiro atoms. The lowest BCUT2D eigenvalue weighted by atomic mass is 10.0. The van der Waals surface area contributed by atoms with Crippen LogP contribution in [-0.4, -0.2) is 34.3 Å². The Labute approximate surface area is 173 Å². The summed E-state index contributed by atoms with van der Waals surface area (Å²) in [6.45, 7) is 3.87. The lowest BCUT2D eigenvalue weighted by Crippen LogP contribution is -2.48. The predicted molar refractivity (Wildman–Crippen MR) is 109 cm³/mol. The molecule has 0 radical (unpaired) electrons. The Morgan fingerprint density at radius 1 is 1.13 bits per heavy atom. The first-order chi connectivity index (χ1) is 14.4. The summed E-state index contributed by atoms with van der Waals surface area (Å²) in [5.74, 6) is -0.0781. The Balaban J connectivity index is 1.36. The molecule has 1 unspecified atom stereocenters. The van der Waals surface area contributed by atoms with Crippen molar-refractivity contribution < 1.29 is 19.0 Å². The molecule has 2 amide bonds. The van der Waals surface area contributed by atoms with Gasteiger partial charge in [0.15, 0.2) is 5.69 Å². The summed E-state index contributed by atoms with van der Waals surface area (Å²) in [6.07, 6.45) is 0.146. The van der Waals surface area contributed by atoms with Crippen LogP contribution in [0.5, 0.6) is 5.88 Å². The smallest absolute Gasteiger partial charge is 0.284 e. The number of rotatable bonds is 7. The molecule has 2 heterocycles. The van der Waals surface area contributed by atoms with E-state index in [0.29, 0.717) is 11.3 Å². The van der Waals surface area contributed by atoms with Crippen LogP contribution in [-0.2, 0) is 4.79 Å². The molecule has 1 aromatic heterocycles. The van der Waals surface area contributed by atoms with Gasteiger partial charge in [0.2, 0.25) is 5.91 Å². The van der Waals surface area contributed by atoms with Crippen LogP contribution >= 0.6 is 0 Å². The molecule has 4 rings (SSSR count). The van der Waals surface area contributed by atoms with Crippen molar-refractivity contribution in [3.8, 4) is 17.1 Å². The van der Waals surface area contributed by atoms with Crippen molar-refractivity contribution in [1.29, 1.82) is 0 Å². The standard InChI is InChI=1S/C22H22N4O4/c1-22(2,13-29-21-19(25-30-26-21)14-8-4-3-5-9-14)24-18(27)12-17-15-10-6-7-11-16(15)20(28)23-17/h3-11,17H,12-13H2,1-2H3,(H,23,28)(H,24,27). The second kappa shape index (κ2) is 7.98. The molecule has 154 valence electrons. The number of carbonyl (C=O) groups excluding carboxylic acids is 2. The van der Waals surface area contributed by atoms with Gasteiger partial charge in [0.05, 0.1) is 18.0 Å². The number of ether oxygens (including phenoxy) is 1. The van der Waals surface area contributed by atoms with E-state index in [1.165, 1.54) is 0 Å². The molecule has 8 nitrogen and oxygen atoms in total. The summed E-state index contributed by atoms with van der Waals surface area (Å²) in [5, 5.41) is 13.5. The average Bonchev–Trinajstić information content (AvgIpc) is 3.32. The molecule has 2 aromatic carbocycles. The fourth-order valence-corrected chi connectivity index (χ4v) is 3.43. The largest absolute Gasteiger partial charge is 0.471 e. The highest BCUT2D eigenvalue weighted by Gasteiger charge is 2.31. The maximum absolute atomic E-state index is 12.6. The molecule has 3 aromatic rings. The Bertz CT molecular complexity index is 1060. The average molecular weight is 406 g/mol. The lowest BCUT2D eigenvalue weighted by Gasteiger charge is -2.26. The van der Waals surface area contributed by atoms with Gasteiger partial charge in [-0.25, -0.2) is 4.63 Å². The van der Waals surface area contributed by atoms with Crippen LogP contribution in [0.1, 0.15) is 42.2 Å². The second-order valence-corrected chi connectivity index (χ2v) is 7.82. The Morgan fingerprint density at radius 3 is 2.67 bits per heavy atom. The minimum absolute atomic E-state index is 0.146. The first-order valence-electron chi connectivity index (χ1n) is 9.64. The van der Waals surface area contributed by atoms with Crippen molar-refractivity contribution in [3.05, 3.63) is 65.7 Å². The summed E-state index contributed by atoms with van der Waals surface area (Å²) < 4.78 is 10.6. The maximum atomic E-state index is 12.6. The molecular formula is C22H22N4O4. The van der Waals surface area contributed by atoms with Crippen LogP contribution in [0.25, 0.3) is 11.3 Å². The number of nitrogens with zero attached hydrogens (tertiary/aromatic N) is 2.